The van der Waals surface area contributed by atoms with Gasteiger partial charge in [0.05, 0.1) is 31.1 Å². The van der Waals surface area contributed by atoms with Crippen molar-refractivity contribution < 1.29 is 18.7 Å². The molecule has 0 unspecified atom stereocenters. The molecule has 2 atom stereocenters. The predicted octanol–water partition coefficient (Wildman–Crippen LogP) is 1.79. The lowest BCUT2D eigenvalue weighted by molar-refractivity contribution is -0.0290. The molecule has 0 spiro atoms. The lowest BCUT2D eigenvalue weighted by Crippen LogP contribution is -2.42. The topological polar surface area (TPSA) is 81.8 Å². The molecule has 1 N–H and O–H groups in total. The number of hydrogen-bond donors (Lipinski definition) is 1. The van der Waals surface area contributed by atoms with Gasteiger partial charge in [-0.15, -0.1) is 0 Å². The van der Waals surface area contributed by atoms with E-state index in [-0.39, 0.29) is 18.1 Å². The van der Waals surface area contributed by atoms with Crippen molar-refractivity contribution in [3.63, 3.8) is 0 Å². The molecule has 30 heavy (non-hydrogen) atoms. The molecule has 2 aromatic rings. The maximum absolute atomic E-state index is 12.7. The number of likely N-dealkylation sites (N-methyl/N-ethyl adjacent to an activating group) is 1. The number of carbonyl (C=O) groups excluding carboxylic acids is 1. The van der Waals surface area contributed by atoms with Crippen molar-refractivity contribution in [1.82, 2.24) is 20.0 Å². The molecule has 162 valence electrons. The molecule has 3 aliphatic rings. The highest BCUT2D eigenvalue weighted by Crippen LogP contribution is 2.38. The summed E-state index contributed by atoms with van der Waals surface area (Å²) in [6.07, 6.45) is 6.10. The average Bonchev–Trinajstić information content (AvgIpc) is 3.44. The number of amides is 1. The van der Waals surface area contributed by atoms with Crippen LogP contribution in [0.3, 0.4) is 0 Å². The number of morpholine rings is 1. The highest BCUT2D eigenvalue weighted by Gasteiger charge is 2.30. The minimum absolute atomic E-state index is 0.113. The molecule has 0 radical (unpaired) electrons. The van der Waals surface area contributed by atoms with E-state index in [1.165, 1.54) is 5.56 Å². The molecule has 1 amide bonds. The molecule has 0 aromatic carbocycles. The Bertz CT molecular complexity index is 928. The second-order valence-corrected chi connectivity index (χ2v) is 8.68. The molecular weight excluding hydrogens is 384 g/mol. The van der Waals surface area contributed by atoms with Crippen LogP contribution in [0.5, 0.6) is 0 Å². The van der Waals surface area contributed by atoms with Gasteiger partial charge in [0, 0.05) is 50.0 Å². The highest BCUT2D eigenvalue weighted by atomic mass is 16.5. The van der Waals surface area contributed by atoms with Crippen molar-refractivity contribution in [3.05, 3.63) is 28.8 Å². The normalized spacial score (nSPS) is 23.9. The van der Waals surface area contributed by atoms with Crippen molar-refractivity contribution in [1.29, 1.82) is 0 Å². The zero-order valence-corrected chi connectivity index (χ0v) is 17.8. The number of carbonyl (C=O) groups is 1. The fourth-order valence-corrected chi connectivity index (χ4v) is 4.75. The van der Waals surface area contributed by atoms with Crippen LogP contribution in [0.15, 0.2) is 10.6 Å². The molecule has 2 aromatic heterocycles. The minimum Gasteiger partial charge on any atom is -0.455 e. The van der Waals surface area contributed by atoms with Crippen LogP contribution >= 0.6 is 0 Å². The van der Waals surface area contributed by atoms with Crippen LogP contribution in [0.2, 0.25) is 0 Å². The third kappa shape index (κ3) is 3.79. The molecular formula is C22H30N4O4. The SMILES string of the molecule is Cc1c(C(=O)NC[C@@H]2CCCO2)oc2c1-c1nn(C[C@@H]3CN(C)CCO3)cc1CC2. The van der Waals surface area contributed by atoms with Crippen LogP contribution in [0.1, 0.15) is 40.3 Å². The third-order valence-electron chi connectivity index (χ3n) is 6.37. The Hall–Kier alpha value is -2.16. The number of nitrogens with one attached hydrogen (secondary N) is 1. The predicted molar refractivity (Wildman–Crippen MR) is 111 cm³/mol. The van der Waals surface area contributed by atoms with Crippen molar-refractivity contribution in [2.24, 2.45) is 0 Å². The summed E-state index contributed by atoms with van der Waals surface area (Å²) in [7, 11) is 2.12. The van der Waals surface area contributed by atoms with Gasteiger partial charge in [0.2, 0.25) is 0 Å². The number of nitrogens with zero attached hydrogens (tertiary/aromatic N) is 3. The van der Waals surface area contributed by atoms with Crippen LogP contribution in [0.25, 0.3) is 11.3 Å². The van der Waals surface area contributed by atoms with Gasteiger partial charge in [-0.25, -0.2) is 0 Å². The first-order chi connectivity index (χ1) is 14.6. The lowest BCUT2D eigenvalue weighted by atomic mass is 9.93. The van der Waals surface area contributed by atoms with Crippen LogP contribution in [0, 0.1) is 6.92 Å². The fraction of sp³-hybridized carbons (Fsp3) is 0.636. The van der Waals surface area contributed by atoms with E-state index in [1.54, 1.807) is 0 Å². The van der Waals surface area contributed by atoms with Gasteiger partial charge in [0.15, 0.2) is 5.76 Å². The molecule has 0 bridgehead atoms. The average molecular weight is 415 g/mol. The first kappa shape index (κ1) is 19.8. The summed E-state index contributed by atoms with van der Waals surface area (Å²) in [5, 5.41) is 7.83. The Labute approximate surface area is 176 Å². The van der Waals surface area contributed by atoms with Crippen molar-refractivity contribution in [2.75, 3.05) is 39.9 Å². The molecule has 5 rings (SSSR count). The highest BCUT2D eigenvalue weighted by molar-refractivity contribution is 5.95. The van der Waals surface area contributed by atoms with Crippen molar-refractivity contribution in [3.8, 4) is 11.3 Å². The number of rotatable bonds is 5. The number of fused-ring (bicyclic) bond motifs is 3. The van der Waals surface area contributed by atoms with E-state index in [4.69, 9.17) is 19.0 Å². The summed E-state index contributed by atoms with van der Waals surface area (Å²) in [6.45, 7) is 6.64. The van der Waals surface area contributed by atoms with E-state index in [0.717, 1.165) is 81.1 Å². The fourth-order valence-electron chi connectivity index (χ4n) is 4.75. The number of furan rings is 1. The van der Waals surface area contributed by atoms with E-state index >= 15 is 0 Å². The van der Waals surface area contributed by atoms with E-state index in [2.05, 4.69) is 23.5 Å². The minimum atomic E-state index is -0.169. The van der Waals surface area contributed by atoms with Gasteiger partial charge in [0.1, 0.15) is 5.76 Å². The van der Waals surface area contributed by atoms with E-state index < -0.39 is 0 Å². The molecule has 4 heterocycles. The molecule has 2 saturated heterocycles. The van der Waals surface area contributed by atoms with E-state index in [1.807, 2.05) is 11.6 Å². The maximum atomic E-state index is 12.7. The lowest BCUT2D eigenvalue weighted by Gasteiger charge is -2.29. The largest absolute Gasteiger partial charge is 0.455 e. The summed E-state index contributed by atoms with van der Waals surface area (Å²) < 4.78 is 19.5. The zero-order chi connectivity index (χ0) is 20.7. The van der Waals surface area contributed by atoms with E-state index in [9.17, 15) is 4.79 Å². The monoisotopic (exact) mass is 414 g/mol. The van der Waals surface area contributed by atoms with Crippen LogP contribution in [0.4, 0.5) is 0 Å². The van der Waals surface area contributed by atoms with Gasteiger partial charge in [-0.2, -0.15) is 5.10 Å². The zero-order valence-electron chi connectivity index (χ0n) is 17.8. The molecule has 2 aliphatic heterocycles. The van der Waals surface area contributed by atoms with Gasteiger partial charge in [-0.3, -0.25) is 9.48 Å². The smallest absolute Gasteiger partial charge is 0.287 e. The summed E-state index contributed by atoms with van der Waals surface area (Å²) >= 11 is 0. The number of hydrogen-bond acceptors (Lipinski definition) is 6. The quantitative estimate of drug-likeness (QED) is 0.803. The first-order valence-electron chi connectivity index (χ1n) is 11.0. The van der Waals surface area contributed by atoms with Gasteiger partial charge < -0.3 is 24.1 Å². The van der Waals surface area contributed by atoms with Gasteiger partial charge in [-0.05, 0) is 38.8 Å². The summed E-state index contributed by atoms with van der Waals surface area (Å²) in [6, 6.07) is 0. The summed E-state index contributed by atoms with van der Waals surface area (Å²) in [5.41, 5.74) is 4.01. The maximum Gasteiger partial charge on any atom is 0.287 e. The van der Waals surface area contributed by atoms with E-state index in [0.29, 0.717) is 12.3 Å². The van der Waals surface area contributed by atoms with Gasteiger partial charge in [-0.1, -0.05) is 0 Å². The Morgan fingerprint density at radius 2 is 2.13 bits per heavy atom. The van der Waals surface area contributed by atoms with Crippen molar-refractivity contribution >= 4 is 5.91 Å². The second-order valence-electron chi connectivity index (χ2n) is 8.68. The van der Waals surface area contributed by atoms with Crippen molar-refractivity contribution in [2.45, 2.75) is 51.4 Å². The second kappa shape index (κ2) is 8.17. The Morgan fingerprint density at radius 3 is 2.93 bits per heavy atom. The standard InChI is InChI=1S/C22H30N4O4/c1-14-19-18(30-21(14)22(27)23-10-16-4-3-8-28-16)6-5-15-11-26(24-20(15)19)13-17-12-25(2)7-9-29-17/h11,16-17H,3-10,12-13H2,1-2H3,(H,23,27)/t16-,17-/m0/s1. The summed E-state index contributed by atoms with van der Waals surface area (Å²) in [4.78, 5) is 15.0. The summed E-state index contributed by atoms with van der Waals surface area (Å²) in [5.74, 6) is 1.09. The number of aromatic nitrogens is 2. The first-order valence-corrected chi connectivity index (χ1v) is 11.0. The molecule has 2 fully saturated rings. The molecule has 0 saturated carbocycles. The van der Waals surface area contributed by atoms with Gasteiger partial charge >= 0.3 is 0 Å². The third-order valence-corrected chi connectivity index (χ3v) is 6.37. The van der Waals surface area contributed by atoms with Crippen LogP contribution < -0.4 is 5.32 Å². The number of ether oxygens (including phenoxy) is 2. The van der Waals surface area contributed by atoms with Crippen LogP contribution in [-0.4, -0.2) is 72.7 Å². The van der Waals surface area contributed by atoms with Gasteiger partial charge in [0.25, 0.3) is 5.91 Å². The Balaban J connectivity index is 1.33. The molecule has 8 nitrogen and oxygen atoms in total. The number of aryl methyl sites for hydroxylation is 2. The molecule has 1 aliphatic carbocycles. The van der Waals surface area contributed by atoms with Crippen LogP contribution in [-0.2, 0) is 28.9 Å². The Morgan fingerprint density at radius 1 is 1.27 bits per heavy atom. The molecule has 8 heteroatoms. The Kier molecular flexibility index (Phi) is 5.39.